The Balaban J connectivity index is 3.08. The summed E-state index contributed by atoms with van der Waals surface area (Å²) in [6, 6.07) is 0. The maximum absolute atomic E-state index is 12.4. The number of rotatable bonds is 2. The van der Waals surface area contributed by atoms with Crippen LogP contribution in [0.2, 0.25) is 0 Å². The molecule has 0 aromatic heterocycles. The molecule has 0 N–H and O–H groups in total. The van der Waals surface area contributed by atoms with Gasteiger partial charge in [0.1, 0.15) is 5.60 Å². The SMILES string of the molecule is C#CCC1(C(=O)OC)CCCCN1C(=O)OC(C)(C)C. The van der Waals surface area contributed by atoms with Crippen LogP contribution in [0.15, 0.2) is 0 Å². The van der Waals surface area contributed by atoms with E-state index in [0.29, 0.717) is 13.0 Å². The first-order valence-corrected chi connectivity index (χ1v) is 6.79. The monoisotopic (exact) mass is 281 g/mol. The Labute approximate surface area is 120 Å². The highest BCUT2D eigenvalue weighted by Crippen LogP contribution is 2.33. The van der Waals surface area contributed by atoms with Crippen molar-refractivity contribution in [2.45, 2.75) is 57.6 Å². The molecule has 112 valence electrons. The average Bonchev–Trinajstić information content (AvgIpc) is 2.36. The Hall–Kier alpha value is -1.70. The second-order valence-electron chi connectivity index (χ2n) is 5.99. The van der Waals surface area contributed by atoms with Crippen molar-refractivity contribution in [3.8, 4) is 12.3 Å². The highest BCUT2D eigenvalue weighted by atomic mass is 16.6. The van der Waals surface area contributed by atoms with Gasteiger partial charge in [-0.3, -0.25) is 4.90 Å². The van der Waals surface area contributed by atoms with Crippen LogP contribution in [0.1, 0.15) is 46.5 Å². The molecular formula is C15H23NO4. The van der Waals surface area contributed by atoms with E-state index in [4.69, 9.17) is 15.9 Å². The van der Waals surface area contributed by atoms with Crippen molar-refractivity contribution in [2.24, 2.45) is 0 Å². The molecule has 5 nitrogen and oxygen atoms in total. The van der Waals surface area contributed by atoms with Crippen molar-refractivity contribution < 1.29 is 19.1 Å². The third-order valence-electron chi connectivity index (χ3n) is 3.31. The van der Waals surface area contributed by atoms with E-state index < -0.39 is 23.2 Å². The number of ether oxygens (including phenoxy) is 2. The van der Waals surface area contributed by atoms with E-state index in [1.807, 2.05) is 0 Å². The van der Waals surface area contributed by atoms with Gasteiger partial charge in [0.25, 0.3) is 0 Å². The topological polar surface area (TPSA) is 55.8 Å². The molecule has 0 spiro atoms. The van der Waals surface area contributed by atoms with Gasteiger partial charge in [0.2, 0.25) is 0 Å². The third kappa shape index (κ3) is 3.44. The summed E-state index contributed by atoms with van der Waals surface area (Å²) in [5, 5.41) is 0. The fourth-order valence-corrected chi connectivity index (χ4v) is 2.45. The summed E-state index contributed by atoms with van der Waals surface area (Å²) in [4.78, 5) is 26.0. The molecule has 1 rings (SSSR count). The van der Waals surface area contributed by atoms with Crippen molar-refractivity contribution in [2.75, 3.05) is 13.7 Å². The van der Waals surface area contributed by atoms with Gasteiger partial charge < -0.3 is 9.47 Å². The van der Waals surface area contributed by atoms with E-state index in [1.54, 1.807) is 20.8 Å². The van der Waals surface area contributed by atoms with E-state index in [0.717, 1.165) is 12.8 Å². The van der Waals surface area contributed by atoms with E-state index in [1.165, 1.54) is 12.0 Å². The number of nitrogens with zero attached hydrogens (tertiary/aromatic N) is 1. The molecule has 1 aliphatic heterocycles. The van der Waals surface area contributed by atoms with E-state index in [9.17, 15) is 9.59 Å². The predicted octanol–water partition coefficient (Wildman–Crippen LogP) is 2.34. The number of piperidine rings is 1. The first-order valence-electron chi connectivity index (χ1n) is 6.79. The van der Waals surface area contributed by atoms with Crippen molar-refractivity contribution >= 4 is 12.1 Å². The van der Waals surface area contributed by atoms with E-state index in [-0.39, 0.29) is 6.42 Å². The second kappa shape index (κ2) is 6.17. The third-order valence-corrected chi connectivity index (χ3v) is 3.31. The molecule has 0 aromatic rings. The number of carbonyl (C=O) groups excluding carboxylic acids is 2. The van der Waals surface area contributed by atoms with E-state index >= 15 is 0 Å². The molecule has 0 saturated carbocycles. The fraction of sp³-hybridized carbons (Fsp3) is 0.733. The van der Waals surface area contributed by atoms with Crippen LogP contribution in [0.3, 0.4) is 0 Å². The van der Waals surface area contributed by atoms with Gasteiger partial charge in [-0.15, -0.1) is 12.3 Å². The molecule has 5 heteroatoms. The summed E-state index contributed by atoms with van der Waals surface area (Å²) in [5.41, 5.74) is -1.71. The van der Waals surface area contributed by atoms with Crippen LogP contribution in [-0.2, 0) is 14.3 Å². The van der Waals surface area contributed by atoms with Crippen LogP contribution in [0.5, 0.6) is 0 Å². The number of amides is 1. The van der Waals surface area contributed by atoms with Crippen molar-refractivity contribution in [3.63, 3.8) is 0 Å². The number of methoxy groups -OCH3 is 1. The van der Waals surface area contributed by atoms with Gasteiger partial charge >= 0.3 is 12.1 Å². The lowest BCUT2D eigenvalue weighted by Crippen LogP contribution is -2.60. The van der Waals surface area contributed by atoms with Crippen LogP contribution in [0.25, 0.3) is 0 Å². The average molecular weight is 281 g/mol. The Morgan fingerprint density at radius 3 is 2.50 bits per heavy atom. The van der Waals surface area contributed by atoms with Gasteiger partial charge in [-0.1, -0.05) is 0 Å². The van der Waals surface area contributed by atoms with Gasteiger partial charge in [0, 0.05) is 13.0 Å². The Morgan fingerprint density at radius 2 is 2.00 bits per heavy atom. The molecule has 1 saturated heterocycles. The quantitative estimate of drug-likeness (QED) is 0.576. The first-order chi connectivity index (χ1) is 9.27. The summed E-state index contributed by atoms with van der Waals surface area (Å²) in [6.07, 6.45) is 7.17. The molecule has 0 bridgehead atoms. The lowest BCUT2D eigenvalue weighted by Gasteiger charge is -2.43. The smallest absolute Gasteiger partial charge is 0.411 e. The number of terminal acetylenes is 1. The molecule has 1 aliphatic rings. The minimum absolute atomic E-state index is 0.138. The normalized spacial score (nSPS) is 22.9. The lowest BCUT2D eigenvalue weighted by molar-refractivity contribution is -0.157. The molecule has 1 fully saturated rings. The maximum Gasteiger partial charge on any atom is 0.411 e. The van der Waals surface area contributed by atoms with Gasteiger partial charge in [0.05, 0.1) is 7.11 Å². The zero-order valence-electron chi connectivity index (χ0n) is 12.7. The maximum atomic E-state index is 12.4. The van der Waals surface area contributed by atoms with Crippen molar-refractivity contribution in [1.82, 2.24) is 4.90 Å². The Morgan fingerprint density at radius 1 is 1.35 bits per heavy atom. The summed E-state index contributed by atoms with van der Waals surface area (Å²) in [5.74, 6) is 2.02. The lowest BCUT2D eigenvalue weighted by atomic mass is 9.84. The molecule has 1 unspecified atom stereocenters. The van der Waals surface area contributed by atoms with Gasteiger partial charge in [0.15, 0.2) is 5.54 Å². The summed E-state index contributed by atoms with van der Waals surface area (Å²) < 4.78 is 10.3. The summed E-state index contributed by atoms with van der Waals surface area (Å²) in [6.45, 7) is 5.81. The van der Waals surface area contributed by atoms with Gasteiger partial charge in [-0.2, -0.15) is 0 Å². The number of hydrogen-bond donors (Lipinski definition) is 0. The van der Waals surface area contributed by atoms with Gasteiger partial charge in [-0.25, -0.2) is 9.59 Å². The molecular weight excluding hydrogens is 258 g/mol. The highest BCUT2D eigenvalue weighted by molar-refractivity contribution is 5.86. The number of carbonyl (C=O) groups is 2. The van der Waals surface area contributed by atoms with Crippen molar-refractivity contribution in [1.29, 1.82) is 0 Å². The Kier molecular flexibility index (Phi) is 5.04. The minimum Gasteiger partial charge on any atom is -0.467 e. The molecule has 0 radical (unpaired) electrons. The second-order valence-corrected chi connectivity index (χ2v) is 5.99. The number of likely N-dealkylation sites (tertiary alicyclic amines) is 1. The zero-order valence-corrected chi connectivity index (χ0v) is 12.7. The summed E-state index contributed by atoms with van der Waals surface area (Å²) in [7, 11) is 1.31. The van der Waals surface area contributed by atoms with Crippen LogP contribution in [0.4, 0.5) is 4.79 Å². The van der Waals surface area contributed by atoms with Crippen LogP contribution in [0, 0.1) is 12.3 Å². The molecule has 0 aromatic carbocycles. The fourth-order valence-electron chi connectivity index (χ4n) is 2.45. The molecule has 1 heterocycles. The standard InChI is InChI=1S/C15H23NO4/c1-6-9-15(12(17)19-5)10-7-8-11-16(15)13(18)20-14(2,3)4/h1H,7-11H2,2-5H3. The Bertz CT molecular complexity index is 419. The first kappa shape index (κ1) is 16.4. The van der Waals surface area contributed by atoms with Gasteiger partial charge in [-0.05, 0) is 40.0 Å². The summed E-state index contributed by atoms with van der Waals surface area (Å²) >= 11 is 0. The van der Waals surface area contributed by atoms with Crippen LogP contribution < -0.4 is 0 Å². The van der Waals surface area contributed by atoms with E-state index in [2.05, 4.69) is 5.92 Å². The minimum atomic E-state index is -1.09. The predicted molar refractivity (Wildman–Crippen MR) is 75.0 cm³/mol. The molecule has 1 amide bonds. The molecule has 1 atom stereocenters. The molecule has 20 heavy (non-hydrogen) atoms. The number of hydrogen-bond acceptors (Lipinski definition) is 4. The largest absolute Gasteiger partial charge is 0.467 e. The number of esters is 1. The molecule has 0 aliphatic carbocycles. The van der Waals surface area contributed by atoms with Crippen molar-refractivity contribution in [3.05, 3.63) is 0 Å². The van der Waals surface area contributed by atoms with Crippen LogP contribution in [-0.4, -0.2) is 41.8 Å². The van der Waals surface area contributed by atoms with Crippen LogP contribution >= 0.6 is 0 Å². The zero-order chi connectivity index (χ0) is 15.4. The highest BCUT2D eigenvalue weighted by Gasteiger charge is 2.49.